The third-order valence-electron chi connectivity index (χ3n) is 4.30. The van der Waals surface area contributed by atoms with E-state index in [0.29, 0.717) is 29.4 Å². The number of benzene rings is 3. The highest BCUT2D eigenvalue weighted by Gasteiger charge is 2.09. The largest absolute Gasteiger partial charge is 0.545 e. The van der Waals surface area contributed by atoms with Crippen molar-refractivity contribution in [2.45, 2.75) is 19.7 Å². The van der Waals surface area contributed by atoms with Crippen molar-refractivity contribution in [3.8, 4) is 5.75 Å². The van der Waals surface area contributed by atoms with Gasteiger partial charge in [-0.3, -0.25) is 0 Å². The van der Waals surface area contributed by atoms with Crippen LogP contribution in [0.2, 0.25) is 5.02 Å². The van der Waals surface area contributed by atoms with Crippen LogP contribution in [0, 0.1) is 5.82 Å². The van der Waals surface area contributed by atoms with Crippen LogP contribution in [0.4, 0.5) is 4.39 Å². The van der Waals surface area contributed by atoms with Crippen LogP contribution in [0.3, 0.4) is 0 Å². The Kier molecular flexibility index (Phi) is 6.63. The van der Waals surface area contributed by atoms with E-state index >= 15 is 0 Å². The van der Waals surface area contributed by atoms with Gasteiger partial charge in [-0.2, -0.15) is 0 Å². The summed E-state index contributed by atoms with van der Waals surface area (Å²) in [4.78, 5) is 10.8. The number of carbonyl (C=O) groups excluding carboxylic acids is 1. The molecule has 144 valence electrons. The SMILES string of the molecule is O=C([O-])c1ccc(C[NH2+]Cc2cc(Cl)ccc2OCc2ccccc2F)cc1. The molecule has 6 heteroatoms. The Balaban J connectivity index is 1.62. The van der Waals surface area contributed by atoms with Crippen molar-refractivity contribution in [1.82, 2.24) is 0 Å². The van der Waals surface area contributed by atoms with Crippen LogP contribution in [-0.2, 0) is 19.7 Å². The number of aromatic carboxylic acids is 1. The number of nitrogens with two attached hydrogens (primary N) is 1. The summed E-state index contributed by atoms with van der Waals surface area (Å²) in [7, 11) is 0. The van der Waals surface area contributed by atoms with E-state index in [2.05, 4.69) is 5.32 Å². The molecule has 0 amide bonds. The molecule has 2 N–H and O–H groups in total. The van der Waals surface area contributed by atoms with Crippen LogP contribution in [0.1, 0.15) is 27.0 Å². The summed E-state index contributed by atoms with van der Waals surface area (Å²) in [5.41, 5.74) is 2.53. The van der Waals surface area contributed by atoms with Gasteiger partial charge in [0.1, 0.15) is 31.3 Å². The monoisotopic (exact) mass is 399 g/mol. The third kappa shape index (κ3) is 5.31. The summed E-state index contributed by atoms with van der Waals surface area (Å²) >= 11 is 6.11. The molecular formula is C22H19ClFNO3. The van der Waals surface area contributed by atoms with Crippen LogP contribution < -0.4 is 15.2 Å². The number of carbonyl (C=O) groups is 1. The number of hydrogen-bond acceptors (Lipinski definition) is 3. The molecule has 0 saturated heterocycles. The molecule has 0 aliphatic carbocycles. The van der Waals surface area contributed by atoms with Gasteiger partial charge in [0.15, 0.2) is 0 Å². The molecule has 28 heavy (non-hydrogen) atoms. The van der Waals surface area contributed by atoms with Crippen molar-refractivity contribution in [2.75, 3.05) is 0 Å². The third-order valence-corrected chi connectivity index (χ3v) is 4.53. The topological polar surface area (TPSA) is 66.0 Å². The van der Waals surface area contributed by atoms with Crippen LogP contribution in [0.15, 0.2) is 66.7 Å². The second-order valence-corrected chi connectivity index (χ2v) is 6.75. The Morgan fingerprint density at radius 1 is 1.00 bits per heavy atom. The van der Waals surface area contributed by atoms with Gasteiger partial charge in [0, 0.05) is 21.7 Å². The van der Waals surface area contributed by atoms with Crippen LogP contribution in [0.5, 0.6) is 5.75 Å². The Morgan fingerprint density at radius 2 is 1.75 bits per heavy atom. The predicted molar refractivity (Wildman–Crippen MR) is 102 cm³/mol. The number of carboxylic acid groups (broad SMARTS) is 1. The molecule has 0 atom stereocenters. The number of quaternary nitrogens is 1. The van der Waals surface area contributed by atoms with Crippen molar-refractivity contribution < 1.29 is 24.3 Å². The minimum atomic E-state index is -1.19. The Labute approximate surface area is 167 Å². The summed E-state index contributed by atoms with van der Waals surface area (Å²) in [6.07, 6.45) is 0. The highest BCUT2D eigenvalue weighted by molar-refractivity contribution is 6.30. The maximum Gasteiger partial charge on any atom is 0.129 e. The summed E-state index contributed by atoms with van der Waals surface area (Å²) in [5, 5.41) is 13.4. The molecule has 0 spiro atoms. The molecule has 3 aromatic rings. The first-order valence-electron chi connectivity index (χ1n) is 8.79. The van der Waals surface area contributed by atoms with Gasteiger partial charge in [0.2, 0.25) is 0 Å². The van der Waals surface area contributed by atoms with Crippen molar-refractivity contribution in [3.63, 3.8) is 0 Å². The molecule has 4 nitrogen and oxygen atoms in total. The Hall–Kier alpha value is -2.89. The normalized spacial score (nSPS) is 10.6. The Bertz CT molecular complexity index is 960. The number of hydrogen-bond donors (Lipinski definition) is 1. The number of halogens is 2. The highest BCUT2D eigenvalue weighted by Crippen LogP contribution is 2.23. The van der Waals surface area contributed by atoms with E-state index in [4.69, 9.17) is 16.3 Å². The van der Waals surface area contributed by atoms with Gasteiger partial charge in [-0.15, -0.1) is 0 Å². The minimum absolute atomic E-state index is 0.131. The van der Waals surface area contributed by atoms with Gasteiger partial charge in [0.25, 0.3) is 0 Å². The molecule has 0 aliphatic heterocycles. The molecular weight excluding hydrogens is 381 g/mol. The molecule has 0 aliphatic rings. The zero-order valence-corrected chi connectivity index (χ0v) is 15.8. The van der Waals surface area contributed by atoms with Crippen LogP contribution in [-0.4, -0.2) is 5.97 Å². The standard InChI is InChI=1S/C22H19ClFNO3/c23-19-9-10-21(28-14-17-3-1-2-4-20(17)24)18(11-19)13-25-12-15-5-7-16(8-6-15)22(26)27/h1-11,25H,12-14H2,(H,26,27). The van der Waals surface area contributed by atoms with Gasteiger partial charge in [0.05, 0.1) is 5.97 Å². The molecule has 0 aromatic heterocycles. The first kappa shape index (κ1) is 19.9. The lowest BCUT2D eigenvalue weighted by atomic mass is 10.1. The van der Waals surface area contributed by atoms with Crippen molar-refractivity contribution in [1.29, 1.82) is 0 Å². The average molecular weight is 400 g/mol. The summed E-state index contributed by atoms with van der Waals surface area (Å²) < 4.78 is 19.6. The number of carboxylic acids is 1. The maximum atomic E-state index is 13.8. The second kappa shape index (κ2) is 9.35. The van der Waals surface area contributed by atoms with E-state index in [1.165, 1.54) is 18.2 Å². The minimum Gasteiger partial charge on any atom is -0.545 e. The van der Waals surface area contributed by atoms with Gasteiger partial charge < -0.3 is 20.0 Å². The first-order valence-corrected chi connectivity index (χ1v) is 9.17. The van der Waals surface area contributed by atoms with Crippen molar-refractivity contribution in [3.05, 3.63) is 99.8 Å². The van der Waals surface area contributed by atoms with E-state index in [0.717, 1.165) is 11.1 Å². The zero-order chi connectivity index (χ0) is 19.9. The lowest BCUT2D eigenvalue weighted by molar-refractivity contribution is -0.686. The quantitative estimate of drug-likeness (QED) is 0.633. The summed E-state index contributed by atoms with van der Waals surface area (Å²) in [6, 6.07) is 18.4. The molecule has 0 fully saturated rings. The fourth-order valence-electron chi connectivity index (χ4n) is 2.79. The summed E-state index contributed by atoms with van der Waals surface area (Å²) in [6.45, 7) is 1.40. The van der Waals surface area contributed by atoms with Gasteiger partial charge in [-0.05, 0) is 29.8 Å². The van der Waals surface area contributed by atoms with E-state index in [1.807, 2.05) is 6.07 Å². The van der Waals surface area contributed by atoms with Crippen LogP contribution >= 0.6 is 11.6 Å². The summed E-state index contributed by atoms with van der Waals surface area (Å²) in [5.74, 6) is -0.841. The predicted octanol–water partition coefficient (Wildman–Crippen LogP) is 2.69. The van der Waals surface area contributed by atoms with E-state index in [9.17, 15) is 14.3 Å². The van der Waals surface area contributed by atoms with E-state index in [-0.39, 0.29) is 18.0 Å². The molecule has 0 heterocycles. The van der Waals surface area contributed by atoms with E-state index in [1.54, 1.807) is 42.5 Å². The molecule has 3 aromatic carbocycles. The molecule has 3 rings (SSSR count). The molecule has 0 unspecified atom stereocenters. The highest BCUT2D eigenvalue weighted by atomic mass is 35.5. The zero-order valence-electron chi connectivity index (χ0n) is 15.0. The van der Waals surface area contributed by atoms with Gasteiger partial charge in [-0.25, -0.2) is 4.39 Å². The van der Waals surface area contributed by atoms with Crippen LogP contribution in [0.25, 0.3) is 0 Å². The second-order valence-electron chi connectivity index (χ2n) is 6.31. The number of ether oxygens (including phenoxy) is 1. The lowest BCUT2D eigenvalue weighted by Crippen LogP contribution is -2.80. The van der Waals surface area contributed by atoms with Gasteiger partial charge >= 0.3 is 0 Å². The number of rotatable bonds is 8. The first-order chi connectivity index (χ1) is 13.5. The van der Waals surface area contributed by atoms with E-state index < -0.39 is 5.97 Å². The Morgan fingerprint density at radius 3 is 2.46 bits per heavy atom. The molecule has 0 radical (unpaired) electrons. The smallest absolute Gasteiger partial charge is 0.129 e. The fourth-order valence-corrected chi connectivity index (χ4v) is 2.99. The fraction of sp³-hybridized carbons (Fsp3) is 0.136. The lowest BCUT2D eigenvalue weighted by Gasteiger charge is -2.12. The molecule has 0 saturated carbocycles. The van der Waals surface area contributed by atoms with Crippen molar-refractivity contribution >= 4 is 17.6 Å². The van der Waals surface area contributed by atoms with Crippen molar-refractivity contribution in [2.24, 2.45) is 0 Å². The maximum absolute atomic E-state index is 13.8. The molecule has 0 bridgehead atoms. The van der Waals surface area contributed by atoms with Gasteiger partial charge in [-0.1, -0.05) is 54.1 Å². The average Bonchev–Trinajstić information content (AvgIpc) is 2.69.